The molecule has 286 valence electrons. The van der Waals surface area contributed by atoms with Crippen molar-refractivity contribution in [2.24, 2.45) is 11.8 Å². The minimum Gasteiger partial charge on any atom is -0.492 e. The van der Waals surface area contributed by atoms with Crippen molar-refractivity contribution in [2.75, 3.05) is 59.6 Å². The Balaban J connectivity index is 1.13. The van der Waals surface area contributed by atoms with Gasteiger partial charge >= 0.3 is 6.09 Å². The van der Waals surface area contributed by atoms with E-state index in [4.69, 9.17) is 14.2 Å². The number of hydrogen-bond acceptors (Lipinski definition) is 9. The van der Waals surface area contributed by atoms with Gasteiger partial charge in [-0.15, -0.1) is 0 Å². The van der Waals surface area contributed by atoms with Gasteiger partial charge in [0.1, 0.15) is 18.5 Å². The smallest absolute Gasteiger partial charge is 0.407 e. The van der Waals surface area contributed by atoms with E-state index in [0.29, 0.717) is 45.0 Å². The van der Waals surface area contributed by atoms with Crippen molar-refractivity contribution in [3.63, 3.8) is 0 Å². The molecule has 11 heteroatoms. The second-order valence-corrected chi connectivity index (χ2v) is 15.5. The molecule has 0 radical (unpaired) electrons. The third-order valence-electron chi connectivity index (χ3n) is 11.5. The molecule has 2 saturated heterocycles. The Bertz CT molecular complexity index is 1410. The van der Waals surface area contributed by atoms with Gasteiger partial charge in [0.05, 0.1) is 30.9 Å². The Hall–Kier alpha value is -3.22. The van der Waals surface area contributed by atoms with E-state index in [2.05, 4.69) is 27.5 Å². The molecule has 3 fully saturated rings. The normalized spacial score (nSPS) is 24.7. The number of alkyl carbamates (subject to hydrolysis) is 1. The van der Waals surface area contributed by atoms with Crippen LogP contribution in [0.25, 0.3) is 0 Å². The van der Waals surface area contributed by atoms with Crippen LogP contribution >= 0.6 is 0 Å². The highest BCUT2D eigenvalue weighted by molar-refractivity contribution is 5.80. The summed E-state index contributed by atoms with van der Waals surface area (Å²) in [6, 6.07) is 14.6. The second kappa shape index (κ2) is 19.2. The molecule has 0 bridgehead atoms. The average Bonchev–Trinajstić information content (AvgIpc) is 3.47. The molecule has 2 amide bonds. The Morgan fingerprint density at radius 3 is 2.50 bits per heavy atom. The zero-order chi connectivity index (χ0) is 36.3. The number of amides is 2. The van der Waals surface area contributed by atoms with Crippen LogP contribution in [-0.2, 0) is 27.1 Å². The maximum absolute atomic E-state index is 14.2. The number of likely N-dealkylation sites (N-methyl/N-ethyl adjacent to an activating group) is 1. The Labute approximate surface area is 309 Å². The van der Waals surface area contributed by atoms with E-state index in [-0.39, 0.29) is 18.4 Å². The minimum atomic E-state index is -0.981. The van der Waals surface area contributed by atoms with Crippen molar-refractivity contribution >= 4 is 12.0 Å². The van der Waals surface area contributed by atoms with E-state index in [1.165, 1.54) is 6.42 Å². The molecule has 0 aromatic heterocycles. The van der Waals surface area contributed by atoms with E-state index in [1.54, 1.807) is 0 Å². The van der Waals surface area contributed by atoms with Crippen molar-refractivity contribution in [1.82, 2.24) is 20.4 Å². The van der Waals surface area contributed by atoms with Gasteiger partial charge in [-0.1, -0.05) is 68.5 Å². The minimum absolute atomic E-state index is 0.143. The van der Waals surface area contributed by atoms with E-state index in [1.807, 2.05) is 48.5 Å². The summed E-state index contributed by atoms with van der Waals surface area (Å²) < 4.78 is 17.3. The molecule has 6 atom stereocenters. The highest BCUT2D eigenvalue weighted by Crippen LogP contribution is 2.33. The summed E-state index contributed by atoms with van der Waals surface area (Å²) in [4.78, 5) is 32.1. The van der Waals surface area contributed by atoms with E-state index >= 15 is 0 Å². The largest absolute Gasteiger partial charge is 0.492 e. The first-order valence-electron chi connectivity index (χ1n) is 19.7. The van der Waals surface area contributed by atoms with Gasteiger partial charge in [-0.05, 0) is 73.9 Å². The molecule has 11 nitrogen and oxygen atoms in total. The molecule has 0 unspecified atom stereocenters. The van der Waals surface area contributed by atoms with Crippen LogP contribution in [0.4, 0.5) is 4.79 Å². The quantitative estimate of drug-likeness (QED) is 0.213. The van der Waals surface area contributed by atoms with Gasteiger partial charge in [0.15, 0.2) is 0 Å². The van der Waals surface area contributed by atoms with Crippen LogP contribution in [0.2, 0.25) is 0 Å². The first-order valence-corrected chi connectivity index (χ1v) is 19.7. The molecule has 52 heavy (non-hydrogen) atoms. The number of nitrogens with zero attached hydrogens (tertiary/aromatic N) is 2. The van der Waals surface area contributed by atoms with Crippen molar-refractivity contribution in [3.8, 4) is 5.75 Å². The first-order chi connectivity index (χ1) is 25.3. The lowest BCUT2D eigenvalue weighted by Crippen LogP contribution is -2.48. The number of ether oxygens (including phenoxy) is 3. The van der Waals surface area contributed by atoms with Crippen LogP contribution in [0.3, 0.4) is 0 Å². The standard InChI is InChI=1S/C41H60N4O7/c1-44-17-19-45(20-18-44)21-23-51-33-15-13-30(14-16-33)24-32(40(48)43-39-35-12-6-5-10-31(35)26-38(39)47)27-37(46)36(25-29-8-3-2-4-9-29)42-41(49)52-34-11-7-22-50-28-34/h5-6,10,12-16,29,32,34,36-39,46-47H,2-4,7-9,11,17-28H2,1H3,(H,42,49)(H,43,48)/t32-,34+,36+,37+,38-,39+/m1/s1. The lowest BCUT2D eigenvalue weighted by atomic mass is 9.82. The number of carbonyl (C=O) groups is 2. The number of hydrogen-bond donors (Lipinski definition) is 4. The summed E-state index contributed by atoms with van der Waals surface area (Å²) >= 11 is 0. The van der Waals surface area contributed by atoms with Gasteiger partial charge in [-0.25, -0.2) is 4.79 Å². The van der Waals surface area contributed by atoms with Crippen LogP contribution in [0.1, 0.15) is 80.5 Å². The third-order valence-corrected chi connectivity index (χ3v) is 11.5. The molecule has 2 aliphatic carbocycles. The number of aliphatic hydroxyl groups is 2. The first kappa shape index (κ1) is 38.5. The van der Waals surface area contributed by atoms with Gasteiger partial charge in [0.25, 0.3) is 0 Å². The van der Waals surface area contributed by atoms with Gasteiger partial charge in [0.2, 0.25) is 5.91 Å². The van der Waals surface area contributed by atoms with E-state index in [0.717, 1.165) is 93.7 Å². The molecule has 4 aliphatic rings. The maximum Gasteiger partial charge on any atom is 0.407 e. The van der Waals surface area contributed by atoms with Crippen LogP contribution < -0.4 is 15.4 Å². The number of aliphatic hydroxyl groups excluding tert-OH is 2. The number of rotatable bonds is 15. The summed E-state index contributed by atoms with van der Waals surface area (Å²) in [5.74, 6) is 0.319. The molecule has 1 saturated carbocycles. The molecule has 4 N–H and O–H groups in total. The fourth-order valence-electron chi connectivity index (χ4n) is 8.36. The number of piperazine rings is 1. The predicted octanol–water partition coefficient (Wildman–Crippen LogP) is 4.24. The third kappa shape index (κ3) is 11.1. The lowest BCUT2D eigenvalue weighted by Gasteiger charge is -2.32. The molecule has 0 spiro atoms. The Morgan fingerprint density at radius 1 is 0.981 bits per heavy atom. The number of carbonyl (C=O) groups excluding carboxylic acids is 2. The Morgan fingerprint density at radius 2 is 1.75 bits per heavy atom. The molecule has 2 heterocycles. The fraction of sp³-hybridized carbons (Fsp3) is 0.659. The number of nitrogens with one attached hydrogen (secondary N) is 2. The molecule has 2 aliphatic heterocycles. The molecule has 6 rings (SSSR count). The van der Waals surface area contributed by atoms with E-state index in [9.17, 15) is 19.8 Å². The summed E-state index contributed by atoms with van der Waals surface area (Å²) in [5.41, 5.74) is 2.89. The monoisotopic (exact) mass is 720 g/mol. The summed E-state index contributed by atoms with van der Waals surface area (Å²) in [7, 11) is 2.15. The van der Waals surface area contributed by atoms with Crippen molar-refractivity contribution in [2.45, 2.75) is 101 Å². The second-order valence-electron chi connectivity index (χ2n) is 15.5. The van der Waals surface area contributed by atoms with Gasteiger partial charge < -0.3 is 40.0 Å². The van der Waals surface area contributed by atoms with Crippen molar-refractivity contribution < 1.29 is 34.0 Å². The summed E-state index contributed by atoms with van der Waals surface area (Å²) in [6.45, 7) is 6.77. The van der Waals surface area contributed by atoms with Crippen molar-refractivity contribution in [1.29, 1.82) is 0 Å². The predicted molar refractivity (Wildman–Crippen MR) is 199 cm³/mol. The molecular weight excluding hydrogens is 660 g/mol. The van der Waals surface area contributed by atoms with Gasteiger partial charge in [-0.3, -0.25) is 9.69 Å². The SMILES string of the molecule is CN1CCN(CCOc2ccc(C[C@H](C[C@H](O)[C@H](CC3CCCCC3)NC(=O)O[C@H]3CCCOC3)C(=O)N[C@H]3c4ccccc4C[C@H]3O)cc2)CC1. The van der Waals surface area contributed by atoms with E-state index < -0.39 is 36.3 Å². The molecule has 2 aromatic carbocycles. The number of fused-ring (bicyclic) bond motifs is 1. The number of benzene rings is 2. The van der Waals surface area contributed by atoms with Gasteiger partial charge in [-0.2, -0.15) is 0 Å². The highest BCUT2D eigenvalue weighted by Gasteiger charge is 2.36. The zero-order valence-corrected chi connectivity index (χ0v) is 30.9. The van der Waals surface area contributed by atoms with Crippen LogP contribution in [0.5, 0.6) is 5.75 Å². The highest BCUT2D eigenvalue weighted by atomic mass is 16.6. The van der Waals surface area contributed by atoms with Crippen LogP contribution in [0, 0.1) is 11.8 Å². The molecule has 2 aromatic rings. The van der Waals surface area contributed by atoms with Crippen LogP contribution in [0.15, 0.2) is 48.5 Å². The maximum atomic E-state index is 14.2. The lowest BCUT2D eigenvalue weighted by molar-refractivity contribution is -0.127. The van der Waals surface area contributed by atoms with Crippen LogP contribution in [-0.4, -0.2) is 116 Å². The fourth-order valence-corrected chi connectivity index (χ4v) is 8.36. The van der Waals surface area contributed by atoms with Gasteiger partial charge in [0, 0.05) is 51.7 Å². The summed E-state index contributed by atoms with van der Waals surface area (Å²) in [5, 5.41) is 29.0. The molecular formula is C41H60N4O7. The Kier molecular flexibility index (Phi) is 14.2. The summed E-state index contributed by atoms with van der Waals surface area (Å²) in [6.07, 6.45) is 6.27. The topological polar surface area (TPSA) is 133 Å². The van der Waals surface area contributed by atoms with Crippen molar-refractivity contribution in [3.05, 3.63) is 65.2 Å². The average molecular weight is 721 g/mol. The zero-order valence-electron chi connectivity index (χ0n) is 30.9.